The van der Waals surface area contributed by atoms with Crippen molar-refractivity contribution in [2.75, 3.05) is 11.4 Å². The van der Waals surface area contributed by atoms with Crippen molar-refractivity contribution < 1.29 is 4.79 Å². The molecular weight excluding hydrogens is 178 g/mol. The molecule has 1 amide bonds. The number of anilines is 1. The molecule has 14 heavy (non-hydrogen) atoms. The first-order valence-electron chi connectivity index (χ1n) is 5.04. The molecule has 0 radical (unpaired) electrons. The van der Waals surface area contributed by atoms with Gasteiger partial charge < -0.3 is 0 Å². The van der Waals surface area contributed by atoms with E-state index in [2.05, 4.69) is 12.0 Å². The molecule has 1 unspecified atom stereocenters. The average Bonchev–Trinajstić information content (AvgIpc) is 2.71. The fraction of sp³-hybridized carbons (Fsp3) is 0.600. The molecule has 1 atom stereocenters. The molecule has 0 N–H and O–H groups in total. The summed E-state index contributed by atoms with van der Waals surface area (Å²) in [6, 6.07) is 1.90. The number of carbonyl (C=O) groups is 1. The molecule has 1 aliphatic rings. The normalized spacial score (nSPS) is 22.0. The van der Waals surface area contributed by atoms with Crippen molar-refractivity contribution >= 4 is 11.7 Å². The average molecular weight is 193 g/mol. The smallest absolute Gasteiger partial charge is 0.228 e. The molecule has 4 heteroatoms. The monoisotopic (exact) mass is 193 g/mol. The second kappa shape index (κ2) is 3.44. The summed E-state index contributed by atoms with van der Waals surface area (Å²) in [5.74, 6) is 1.44. The summed E-state index contributed by atoms with van der Waals surface area (Å²) in [4.78, 5) is 13.3. The summed E-state index contributed by atoms with van der Waals surface area (Å²) in [6.07, 6.45) is 2.56. The Morgan fingerprint density at radius 1 is 1.64 bits per heavy atom. The Bertz CT molecular complexity index is 345. The number of aromatic nitrogens is 2. The van der Waals surface area contributed by atoms with Gasteiger partial charge in [-0.25, -0.2) is 0 Å². The van der Waals surface area contributed by atoms with Gasteiger partial charge in [0.05, 0.1) is 0 Å². The Kier molecular flexibility index (Phi) is 2.27. The van der Waals surface area contributed by atoms with Crippen LogP contribution < -0.4 is 4.90 Å². The van der Waals surface area contributed by atoms with Crippen LogP contribution in [0.2, 0.25) is 0 Å². The first kappa shape index (κ1) is 9.24. The summed E-state index contributed by atoms with van der Waals surface area (Å²) in [5, 5.41) is 4.32. The molecule has 2 heterocycles. The van der Waals surface area contributed by atoms with Gasteiger partial charge in [0.2, 0.25) is 5.91 Å². The van der Waals surface area contributed by atoms with Crippen molar-refractivity contribution in [3.8, 4) is 0 Å². The van der Waals surface area contributed by atoms with Crippen molar-refractivity contribution in [1.82, 2.24) is 9.78 Å². The van der Waals surface area contributed by atoms with Crippen LogP contribution in [0.4, 0.5) is 5.82 Å². The molecule has 1 fully saturated rings. The molecule has 0 aliphatic carbocycles. The van der Waals surface area contributed by atoms with Crippen LogP contribution in [0.3, 0.4) is 0 Å². The number of rotatable bonds is 2. The van der Waals surface area contributed by atoms with E-state index >= 15 is 0 Å². The van der Waals surface area contributed by atoms with Gasteiger partial charge in [-0.05, 0) is 12.8 Å². The Labute approximate surface area is 83.5 Å². The Balaban J connectivity index is 2.18. The number of nitrogens with zero attached hydrogens (tertiary/aromatic N) is 3. The molecule has 0 aromatic carbocycles. The highest BCUT2D eigenvalue weighted by atomic mass is 16.2. The van der Waals surface area contributed by atoms with Crippen molar-refractivity contribution in [3.63, 3.8) is 0 Å². The van der Waals surface area contributed by atoms with E-state index in [4.69, 9.17) is 0 Å². The summed E-state index contributed by atoms with van der Waals surface area (Å²) in [7, 11) is 0. The molecule has 2 rings (SSSR count). The molecule has 0 spiro atoms. The van der Waals surface area contributed by atoms with Crippen LogP contribution in [0.5, 0.6) is 0 Å². The van der Waals surface area contributed by atoms with Crippen LogP contribution in [0, 0.1) is 5.92 Å². The van der Waals surface area contributed by atoms with Crippen LogP contribution in [0.25, 0.3) is 0 Å². The fourth-order valence-corrected chi connectivity index (χ4v) is 1.78. The van der Waals surface area contributed by atoms with Crippen molar-refractivity contribution in [2.24, 2.45) is 5.92 Å². The number of carbonyl (C=O) groups excluding carboxylic acids is 1. The highest BCUT2D eigenvalue weighted by Gasteiger charge is 2.28. The van der Waals surface area contributed by atoms with Gasteiger partial charge in [-0.3, -0.25) is 14.4 Å². The van der Waals surface area contributed by atoms with E-state index in [9.17, 15) is 4.79 Å². The third-order valence-electron chi connectivity index (χ3n) is 2.55. The van der Waals surface area contributed by atoms with Gasteiger partial charge in [-0.2, -0.15) is 5.10 Å². The van der Waals surface area contributed by atoms with Gasteiger partial charge in [0, 0.05) is 31.8 Å². The third kappa shape index (κ3) is 1.52. The fourth-order valence-electron chi connectivity index (χ4n) is 1.78. The van der Waals surface area contributed by atoms with Gasteiger partial charge in [-0.15, -0.1) is 0 Å². The molecule has 1 aliphatic heterocycles. The SMILES string of the molecule is CCn1ccc(N2CC(C)CC2=O)n1. The molecule has 0 bridgehead atoms. The minimum atomic E-state index is 0.193. The van der Waals surface area contributed by atoms with Crippen molar-refractivity contribution in [2.45, 2.75) is 26.8 Å². The number of hydrogen-bond acceptors (Lipinski definition) is 2. The highest BCUT2D eigenvalue weighted by molar-refractivity contribution is 5.94. The van der Waals surface area contributed by atoms with Gasteiger partial charge in [0.15, 0.2) is 5.82 Å². The van der Waals surface area contributed by atoms with Crippen LogP contribution in [-0.2, 0) is 11.3 Å². The topological polar surface area (TPSA) is 38.1 Å². The van der Waals surface area contributed by atoms with Crippen LogP contribution >= 0.6 is 0 Å². The summed E-state index contributed by atoms with van der Waals surface area (Å²) < 4.78 is 1.84. The quantitative estimate of drug-likeness (QED) is 0.709. The molecule has 1 aromatic heterocycles. The van der Waals surface area contributed by atoms with Crippen molar-refractivity contribution in [1.29, 1.82) is 0 Å². The van der Waals surface area contributed by atoms with E-state index in [-0.39, 0.29) is 5.91 Å². The molecule has 1 aromatic rings. The van der Waals surface area contributed by atoms with E-state index in [0.29, 0.717) is 12.3 Å². The second-order valence-corrected chi connectivity index (χ2v) is 3.84. The number of amides is 1. The Morgan fingerprint density at radius 2 is 2.43 bits per heavy atom. The lowest BCUT2D eigenvalue weighted by molar-refractivity contribution is -0.117. The third-order valence-corrected chi connectivity index (χ3v) is 2.55. The van der Waals surface area contributed by atoms with E-state index in [1.54, 1.807) is 4.90 Å². The molecule has 76 valence electrons. The molecule has 1 saturated heterocycles. The van der Waals surface area contributed by atoms with Crippen LogP contribution in [0.15, 0.2) is 12.3 Å². The lowest BCUT2D eigenvalue weighted by Gasteiger charge is -2.11. The van der Waals surface area contributed by atoms with Crippen molar-refractivity contribution in [3.05, 3.63) is 12.3 Å². The maximum absolute atomic E-state index is 11.6. The predicted molar refractivity (Wildman–Crippen MR) is 54.0 cm³/mol. The zero-order valence-electron chi connectivity index (χ0n) is 8.60. The lowest BCUT2D eigenvalue weighted by Crippen LogP contribution is -2.24. The highest BCUT2D eigenvalue weighted by Crippen LogP contribution is 2.22. The van der Waals surface area contributed by atoms with Gasteiger partial charge in [0.1, 0.15) is 0 Å². The van der Waals surface area contributed by atoms with E-state index in [1.807, 2.05) is 23.9 Å². The maximum Gasteiger partial charge on any atom is 0.228 e. The molecule has 0 saturated carbocycles. The summed E-state index contributed by atoms with van der Waals surface area (Å²) in [5.41, 5.74) is 0. The van der Waals surface area contributed by atoms with E-state index < -0.39 is 0 Å². The van der Waals surface area contributed by atoms with Crippen LogP contribution in [0.1, 0.15) is 20.3 Å². The van der Waals surface area contributed by atoms with Gasteiger partial charge in [-0.1, -0.05) is 6.92 Å². The Morgan fingerprint density at radius 3 is 2.93 bits per heavy atom. The lowest BCUT2D eigenvalue weighted by atomic mass is 10.2. The maximum atomic E-state index is 11.6. The minimum absolute atomic E-state index is 0.193. The number of aryl methyl sites for hydroxylation is 1. The zero-order valence-corrected chi connectivity index (χ0v) is 8.60. The number of hydrogen-bond donors (Lipinski definition) is 0. The second-order valence-electron chi connectivity index (χ2n) is 3.84. The first-order valence-corrected chi connectivity index (χ1v) is 5.04. The zero-order chi connectivity index (χ0) is 10.1. The predicted octanol–water partition coefficient (Wildman–Crippen LogP) is 1.28. The van der Waals surface area contributed by atoms with E-state index in [0.717, 1.165) is 18.9 Å². The van der Waals surface area contributed by atoms with E-state index in [1.165, 1.54) is 0 Å². The first-order chi connectivity index (χ1) is 6.70. The van der Waals surface area contributed by atoms with Gasteiger partial charge in [0.25, 0.3) is 0 Å². The minimum Gasteiger partial charge on any atom is -0.295 e. The van der Waals surface area contributed by atoms with Gasteiger partial charge >= 0.3 is 0 Å². The summed E-state index contributed by atoms with van der Waals surface area (Å²) in [6.45, 7) is 5.77. The largest absolute Gasteiger partial charge is 0.295 e. The Hall–Kier alpha value is -1.32. The summed E-state index contributed by atoms with van der Waals surface area (Å²) >= 11 is 0. The van der Waals surface area contributed by atoms with Crippen LogP contribution in [-0.4, -0.2) is 22.2 Å². The molecule has 4 nitrogen and oxygen atoms in total. The molecular formula is C10H15N3O. The standard InChI is InChI=1S/C10H15N3O/c1-3-12-5-4-9(11-12)13-7-8(2)6-10(13)14/h4-5,8H,3,6-7H2,1-2H3.